The third kappa shape index (κ3) is 8.50. The van der Waals surface area contributed by atoms with Gasteiger partial charge >= 0.3 is 0 Å². The highest BCUT2D eigenvalue weighted by atomic mass is 32.2. The number of hydrogen-bond acceptors (Lipinski definition) is 8. The monoisotopic (exact) mass is 625 g/mol. The Morgan fingerprint density at radius 1 is 1.02 bits per heavy atom. The first-order chi connectivity index (χ1) is 20.9. The molecule has 2 heterocycles. The molecule has 9 nitrogen and oxygen atoms in total. The number of hydrogen-bond donors (Lipinski definition) is 4. The molecular weight excluding hydrogens is 578 g/mol. The number of nitrogens with zero attached hydrogens (tertiary/aromatic N) is 2. The largest absolute Gasteiger partial charge is 0.387 e. The molecule has 0 radical (unpaired) electrons. The number of piperazine rings is 1. The van der Waals surface area contributed by atoms with Crippen molar-refractivity contribution in [2.45, 2.75) is 75.4 Å². The predicted octanol–water partition coefficient (Wildman–Crippen LogP) is 2.89. The molecule has 2 aromatic rings. The molecule has 0 bridgehead atoms. The molecule has 0 unspecified atom stereocenters. The molecule has 2 fully saturated rings. The van der Waals surface area contributed by atoms with Crippen molar-refractivity contribution in [1.29, 1.82) is 0 Å². The summed E-state index contributed by atoms with van der Waals surface area (Å²) in [4.78, 5) is 29.5. The average Bonchev–Trinajstić information content (AvgIpc) is 3.00. The van der Waals surface area contributed by atoms with Crippen molar-refractivity contribution in [2.75, 3.05) is 39.5 Å². The molecule has 2 amide bonds. The molecule has 2 aromatic carbocycles. The quantitative estimate of drug-likeness (QED) is 0.318. The van der Waals surface area contributed by atoms with E-state index < -0.39 is 35.4 Å². The van der Waals surface area contributed by atoms with Crippen LogP contribution in [0.3, 0.4) is 0 Å². The SMILES string of the molecule is CS[C@H]1O[C@@H](c2ccc(C)c(Cc3ccc(/C=C/CCC(=O)NC(C)(C)C(=O)N4CCN(C)CC4)cc3)c2)[C@H](O)[C@@H](O)[C@@H]1O. The van der Waals surface area contributed by atoms with Gasteiger partial charge in [0.2, 0.25) is 11.8 Å². The number of aliphatic hydroxyl groups is 3. The van der Waals surface area contributed by atoms with Crippen LogP contribution in [0.1, 0.15) is 60.6 Å². The van der Waals surface area contributed by atoms with Crippen LogP contribution >= 0.6 is 11.8 Å². The van der Waals surface area contributed by atoms with E-state index in [-0.39, 0.29) is 11.8 Å². The lowest BCUT2D eigenvalue weighted by atomic mass is 9.91. The Labute approximate surface area is 265 Å². The number of amides is 2. The van der Waals surface area contributed by atoms with Gasteiger partial charge < -0.3 is 35.2 Å². The van der Waals surface area contributed by atoms with Crippen LogP contribution in [-0.4, -0.2) is 106 Å². The predicted molar refractivity (Wildman–Crippen MR) is 174 cm³/mol. The second-order valence-electron chi connectivity index (χ2n) is 12.4. The van der Waals surface area contributed by atoms with Crippen LogP contribution in [0.2, 0.25) is 0 Å². The van der Waals surface area contributed by atoms with Crippen LogP contribution < -0.4 is 5.32 Å². The molecule has 5 atom stereocenters. The molecule has 0 aromatic heterocycles. The Hall–Kier alpha value is -2.73. The van der Waals surface area contributed by atoms with E-state index in [1.807, 2.05) is 61.4 Å². The number of thioether (sulfide) groups is 1. The van der Waals surface area contributed by atoms with Gasteiger partial charge in [0.25, 0.3) is 0 Å². The summed E-state index contributed by atoms with van der Waals surface area (Å²) in [7, 11) is 2.04. The zero-order valence-electron chi connectivity index (χ0n) is 26.4. The van der Waals surface area contributed by atoms with Crippen molar-refractivity contribution < 1.29 is 29.6 Å². The van der Waals surface area contributed by atoms with E-state index in [0.29, 0.717) is 32.4 Å². The zero-order valence-corrected chi connectivity index (χ0v) is 27.2. The van der Waals surface area contributed by atoms with Crippen molar-refractivity contribution in [1.82, 2.24) is 15.1 Å². The summed E-state index contributed by atoms with van der Waals surface area (Å²) in [6.45, 7) is 8.61. The molecule has 2 aliphatic heterocycles. The maximum atomic E-state index is 12.9. The van der Waals surface area contributed by atoms with Crippen molar-refractivity contribution in [2.24, 2.45) is 0 Å². The molecule has 4 N–H and O–H groups in total. The molecule has 0 saturated carbocycles. The van der Waals surface area contributed by atoms with Gasteiger partial charge in [0.15, 0.2) is 0 Å². The highest BCUT2D eigenvalue weighted by Crippen LogP contribution is 2.36. The van der Waals surface area contributed by atoms with Crippen molar-refractivity contribution in [3.05, 3.63) is 76.4 Å². The summed E-state index contributed by atoms with van der Waals surface area (Å²) in [5, 5.41) is 34.1. The Morgan fingerprint density at radius 3 is 2.36 bits per heavy atom. The topological polar surface area (TPSA) is 123 Å². The first-order valence-electron chi connectivity index (χ1n) is 15.3. The van der Waals surface area contributed by atoms with Crippen molar-refractivity contribution in [3.8, 4) is 0 Å². The van der Waals surface area contributed by atoms with Crippen LogP contribution in [-0.2, 0) is 20.7 Å². The summed E-state index contributed by atoms with van der Waals surface area (Å²) in [6.07, 6.45) is 2.93. The number of likely N-dealkylation sites (N-methyl/N-ethyl adjacent to an activating group) is 1. The third-order valence-electron chi connectivity index (χ3n) is 8.50. The van der Waals surface area contributed by atoms with E-state index in [1.165, 1.54) is 11.8 Å². The second-order valence-corrected chi connectivity index (χ2v) is 13.4. The van der Waals surface area contributed by atoms with E-state index in [4.69, 9.17) is 4.74 Å². The van der Waals surface area contributed by atoms with Crippen LogP contribution in [0, 0.1) is 6.92 Å². The van der Waals surface area contributed by atoms with Gasteiger partial charge in [-0.1, -0.05) is 54.6 Å². The van der Waals surface area contributed by atoms with E-state index in [1.54, 1.807) is 20.1 Å². The van der Waals surface area contributed by atoms with Gasteiger partial charge in [-0.25, -0.2) is 0 Å². The summed E-state index contributed by atoms with van der Waals surface area (Å²) in [5.41, 5.74) is 3.55. The van der Waals surface area contributed by atoms with E-state index in [2.05, 4.69) is 22.3 Å². The first-order valence-corrected chi connectivity index (χ1v) is 16.5. The standard InChI is InChI=1S/C34H47N3O6S/c1-22-10-15-25(31-29(40)28(39)30(41)32(43-31)44-5)21-26(22)20-24-13-11-23(12-14-24)8-6-7-9-27(38)35-34(2,3)33(42)37-18-16-36(4)17-19-37/h6,8,10-15,21,28-32,39-41H,7,9,16-20H2,1-5H3,(H,35,38)/b8-6+/t28-,29-,30+,31+,32-/m1/s1. The normalized spacial score (nSPS) is 24.9. The highest BCUT2D eigenvalue weighted by Gasteiger charge is 2.44. The number of carbonyl (C=O) groups is 2. The van der Waals surface area contributed by atoms with Crippen LogP contribution in [0.25, 0.3) is 6.08 Å². The van der Waals surface area contributed by atoms with Gasteiger partial charge in [0, 0.05) is 32.6 Å². The molecule has 44 heavy (non-hydrogen) atoms. The Kier molecular flexibility index (Phi) is 11.7. The Bertz CT molecular complexity index is 1310. The number of allylic oxidation sites excluding steroid dienone is 1. The maximum absolute atomic E-state index is 12.9. The molecule has 2 aliphatic rings. The molecule has 0 aliphatic carbocycles. The van der Waals surface area contributed by atoms with Gasteiger partial charge in [0.05, 0.1) is 0 Å². The van der Waals surface area contributed by atoms with Gasteiger partial charge in [-0.05, 0) is 74.7 Å². The number of ether oxygens (including phenoxy) is 1. The number of benzene rings is 2. The first kappa shape index (κ1) is 34.1. The molecular formula is C34H47N3O6S. The van der Waals surface area contributed by atoms with E-state index in [0.717, 1.165) is 40.9 Å². The summed E-state index contributed by atoms with van der Waals surface area (Å²) in [5.74, 6) is -0.185. The number of rotatable bonds is 10. The summed E-state index contributed by atoms with van der Waals surface area (Å²) < 4.78 is 5.95. The number of aryl methyl sites for hydroxylation is 1. The molecule has 2 saturated heterocycles. The third-order valence-corrected chi connectivity index (χ3v) is 9.36. The minimum atomic E-state index is -1.28. The molecule has 240 valence electrons. The van der Waals surface area contributed by atoms with Crippen molar-refractivity contribution >= 4 is 29.7 Å². The fourth-order valence-corrected chi connectivity index (χ4v) is 6.32. The van der Waals surface area contributed by atoms with Crippen LogP contribution in [0.15, 0.2) is 48.5 Å². The lowest BCUT2D eigenvalue weighted by molar-refractivity contribution is -0.200. The smallest absolute Gasteiger partial charge is 0.247 e. The van der Waals surface area contributed by atoms with Crippen LogP contribution in [0.4, 0.5) is 0 Å². The van der Waals surface area contributed by atoms with Gasteiger partial charge in [-0.15, -0.1) is 11.8 Å². The maximum Gasteiger partial charge on any atom is 0.247 e. The lowest BCUT2D eigenvalue weighted by Crippen LogP contribution is -2.59. The molecule has 4 rings (SSSR count). The van der Waals surface area contributed by atoms with Gasteiger partial charge in [-0.2, -0.15) is 0 Å². The van der Waals surface area contributed by atoms with Crippen molar-refractivity contribution in [3.63, 3.8) is 0 Å². The van der Waals surface area contributed by atoms with Gasteiger partial charge in [-0.3, -0.25) is 9.59 Å². The zero-order chi connectivity index (χ0) is 32.0. The fraction of sp³-hybridized carbons (Fsp3) is 0.529. The van der Waals surface area contributed by atoms with Crippen LogP contribution in [0.5, 0.6) is 0 Å². The minimum absolute atomic E-state index is 0.0423. The minimum Gasteiger partial charge on any atom is -0.387 e. The highest BCUT2D eigenvalue weighted by molar-refractivity contribution is 7.99. The van der Waals surface area contributed by atoms with E-state index >= 15 is 0 Å². The number of carbonyl (C=O) groups excluding carboxylic acids is 2. The second kappa shape index (κ2) is 15.0. The number of nitrogens with one attached hydrogen (secondary N) is 1. The summed E-state index contributed by atoms with van der Waals surface area (Å²) in [6, 6.07) is 14.1. The fourth-order valence-electron chi connectivity index (χ4n) is 5.65. The summed E-state index contributed by atoms with van der Waals surface area (Å²) >= 11 is 1.30. The number of aliphatic hydroxyl groups excluding tert-OH is 3. The van der Waals surface area contributed by atoms with E-state index in [9.17, 15) is 24.9 Å². The lowest BCUT2D eigenvalue weighted by Gasteiger charge is -2.40. The Morgan fingerprint density at radius 2 is 1.70 bits per heavy atom. The van der Waals surface area contributed by atoms with Gasteiger partial charge in [0.1, 0.15) is 35.4 Å². The molecule has 10 heteroatoms. The molecule has 0 spiro atoms. The Balaban J connectivity index is 1.29. The average molecular weight is 626 g/mol.